The van der Waals surface area contributed by atoms with E-state index in [-0.39, 0.29) is 6.42 Å². The summed E-state index contributed by atoms with van der Waals surface area (Å²) in [5, 5.41) is 19.8. The maximum Gasteiger partial charge on any atom is 0.339 e. The van der Waals surface area contributed by atoms with Crippen LogP contribution in [0.3, 0.4) is 0 Å². The monoisotopic (exact) mass is 362 g/mol. The van der Waals surface area contributed by atoms with Crippen LogP contribution < -0.4 is 11.1 Å². The summed E-state index contributed by atoms with van der Waals surface area (Å²) in [5.74, 6) is -1.28. The van der Waals surface area contributed by atoms with Crippen molar-refractivity contribution in [2.75, 3.05) is 17.8 Å². The molecule has 0 heterocycles. The standard InChI is InChI=1S/C9H19N2O7PS2/c10-6(8(12)13)1-3-20-21-4-2-7(9(14)15)11-5-19(16,17)18/h6-7,11H,1-5,10H2,(H,12,13)(H,14,15)(H2,16,17,18)/t6-,7-/m0/s1. The van der Waals surface area contributed by atoms with E-state index in [0.29, 0.717) is 17.9 Å². The molecule has 0 spiro atoms. The summed E-state index contributed by atoms with van der Waals surface area (Å²) in [6, 6.07) is -1.94. The van der Waals surface area contributed by atoms with Crippen LogP contribution in [0.4, 0.5) is 0 Å². The van der Waals surface area contributed by atoms with Crippen LogP contribution in [0, 0.1) is 0 Å². The Labute approximate surface area is 129 Å². The number of carbonyl (C=O) groups is 2. The van der Waals surface area contributed by atoms with Gasteiger partial charge in [-0.2, -0.15) is 0 Å². The Bertz CT molecular complexity index is 392. The van der Waals surface area contributed by atoms with E-state index >= 15 is 0 Å². The van der Waals surface area contributed by atoms with Gasteiger partial charge in [0.2, 0.25) is 0 Å². The van der Waals surface area contributed by atoms with Crippen molar-refractivity contribution in [1.82, 2.24) is 5.32 Å². The van der Waals surface area contributed by atoms with Gasteiger partial charge in [-0.1, -0.05) is 21.6 Å². The molecule has 0 aliphatic carbocycles. The Hall–Kier alpha value is -0.290. The Kier molecular flexibility index (Phi) is 10.3. The molecule has 0 fully saturated rings. The third kappa shape index (κ3) is 12.0. The van der Waals surface area contributed by atoms with Crippen molar-refractivity contribution < 1.29 is 34.2 Å². The molecule has 0 aliphatic rings. The first-order valence-corrected chi connectivity index (χ1v) is 10.2. The number of nitrogens with one attached hydrogen (secondary N) is 1. The van der Waals surface area contributed by atoms with Crippen LogP contribution in [0.1, 0.15) is 12.8 Å². The number of nitrogens with two attached hydrogens (primary N) is 1. The smallest absolute Gasteiger partial charge is 0.339 e. The second kappa shape index (κ2) is 10.4. The van der Waals surface area contributed by atoms with Gasteiger partial charge in [0.1, 0.15) is 12.1 Å². The van der Waals surface area contributed by atoms with E-state index in [4.69, 9.17) is 25.7 Å². The number of aliphatic carboxylic acids is 2. The fourth-order valence-electron chi connectivity index (χ4n) is 1.12. The van der Waals surface area contributed by atoms with E-state index in [9.17, 15) is 14.2 Å². The minimum atomic E-state index is -4.29. The molecule has 0 saturated carbocycles. The lowest BCUT2D eigenvalue weighted by Gasteiger charge is -2.14. The molecule has 7 N–H and O–H groups in total. The fourth-order valence-corrected chi connectivity index (χ4v) is 3.78. The number of rotatable bonds is 12. The van der Waals surface area contributed by atoms with Crippen molar-refractivity contribution in [3.8, 4) is 0 Å². The summed E-state index contributed by atoms with van der Waals surface area (Å²) in [4.78, 5) is 38.7. The SMILES string of the molecule is N[C@@H](CCSSCC[C@H](NCP(=O)(O)O)C(=O)O)C(=O)O. The maximum atomic E-state index is 10.9. The molecule has 0 amide bonds. The zero-order valence-corrected chi connectivity index (χ0v) is 13.6. The van der Waals surface area contributed by atoms with Crippen LogP contribution in [-0.2, 0) is 14.2 Å². The molecule has 124 valence electrons. The first-order valence-electron chi connectivity index (χ1n) is 5.87. The zero-order valence-electron chi connectivity index (χ0n) is 11.0. The van der Waals surface area contributed by atoms with Crippen LogP contribution in [0.25, 0.3) is 0 Å². The highest BCUT2D eigenvalue weighted by Gasteiger charge is 2.21. The predicted molar refractivity (Wildman–Crippen MR) is 81.2 cm³/mol. The molecule has 0 unspecified atom stereocenters. The maximum absolute atomic E-state index is 10.9. The molecule has 0 saturated heterocycles. The molecule has 12 heteroatoms. The van der Waals surface area contributed by atoms with Crippen LogP contribution in [-0.4, -0.2) is 61.8 Å². The highest BCUT2D eigenvalue weighted by Crippen LogP contribution is 2.32. The van der Waals surface area contributed by atoms with Gasteiger partial charge in [-0.25, -0.2) is 0 Å². The number of hydrogen-bond donors (Lipinski definition) is 6. The minimum Gasteiger partial charge on any atom is -0.480 e. The molecule has 0 aromatic rings. The first-order chi connectivity index (χ1) is 9.63. The van der Waals surface area contributed by atoms with Crippen LogP contribution in [0.2, 0.25) is 0 Å². The largest absolute Gasteiger partial charge is 0.480 e. The molecule has 2 atom stereocenters. The summed E-state index contributed by atoms with van der Waals surface area (Å²) in [7, 11) is -1.55. The van der Waals surface area contributed by atoms with Crippen molar-refractivity contribution in [3.05, 3.63) is 0 Å². The Morgan fingerprint density at radius 3 is 2.05 bits per heavy atom. The Balaban J connectivity index is 3.82. The Morgan fingerprint density at radius 1 is 1.10 bits per heavy atom. The van der Waals surface area contributed by atoms with Gasteiger partial charge in [0.05, 0.1) is 6.29 Å². The van der Waals surface area contributed by atoms with Gasteiger partial charge >= 0.3 is 19.5 Å². The van der Waals surface area contributed by atoms with Gasteiger partial charge < -0.3 is 25.7 Å². The molecule has 0 aliphatic heterocycles. The summed E-state index contributed by atoms with van der Waals surface area (Å²) < 4.78 is 10.7. The average Bonchev–Trinajstić information content (AvgIpc) is 2.34. The van der Waals surface area contributed by atoms with E-state index in [1.165, 1.54) is 21.6 Å². The van der Waals surface area contributed by atoms with Crippen molar-refractivity contribution in [2.45, 2.75) is 24.9 Å². The van der Waals surface area contributed by atoms with Crippen molar-refractivity contribution in [1.29, 1.82) is 0 Å². The van der Waals surface area contributed by atoms with Gasteiger partial charge in [0.15, 0.2) is 0 Å². The Morgan fingerprint density at radius 2 is 1.62 bits per heavy atom. The van der Waals surface area contributed by atoms with Crippen LogP contribution in [0.15, 0.2) is 0 Å². The fraction of sp³-hybridized carbons (Fsp3) is 0.778. The molecule has 0 rings (SSSR count). The van der Waals surface area contributed by atoms with E-state index < -0.39 is 37.9 Å². The normalized spacial score (nSPS) is 14.6. The highest BCUT2D eigenvalue weighted by atomic mass is 33.1. The topological polar surface area (TPSA) is 170 Å². The summed E-state index contributed by atoms with van der Waals surface area (Å²) in [5.41, 5.74) is 5.32. The summed E-state index contributed by atoms with van der Waals surface area (Å²) in [6.45, 7) is 0. The van der Waals surface area contributed by atoms with Gasteiger partial charge in [0, 0.05) is 11.5 Å². The molecule has 0 radical (unpaired) electrons. The number of carboxylic acid groups (broad SMARTS) is 2. The predicted octanol–water partition coefficient (Wildman–Crippen LogP) is -0.262. The molecule has 21 heavy (non-hydrogen) atoms. The lowest BCUT2D eigenvalue weighted by Crippen LogP contribution is -2.37. The molecule has 0 bridgehead atoms. The van der Waals surface area contributed by atoms with Crippen LogP contribution >= 0.6 is 29.2 Å². The molecule has 0 aromatic carbocycles. The van der Waals surface area contributed by atoms with Crippen molar-refractivity contribution in [2.24, 2.45) is 5.73 Å². The molecule has 9 nitrogen and oxygen atoms in total. The van der Waals surface area contributed by atoms with E-state index in [1.54, 1.807) is 0 Å². The second-order valence-electron chi connectivity index (χ2n) is 4.08. The highest BCUT2D eigenvalue weighted by molar-refractivity contribution is 8.76. The molecular weight excluding hydrogens is 343 g/mol. The van der Waals surface area contributed by atoms with Gasteiger partial charge in [-0.15, -0.1) is 0 Å². The lowest BCUT2D eigenvalue weighted by molar-refractivity contribution is -0.140. The summed E-state index contributed by atoms with van der Waals surface area (Å²) >= 11 is 0. The molecular formula is C9H19N2O7PS2. The number of carboxylic acids is 2. The molecule has 0 aromatic heterocycles. The van der Waals surface area contributed by atoms with Gasteiger partial charge in [0.25, 0.3) is 0 Å². The minimum absolute atomic E-state index is 0.192. The third-order valence-electron chi connectivity index (χ3n) is 2.24. The average molecular weight is 362 g/mol. The van der Waals surface area contributed by atoms with Gasteiger partial charge in [-0.05, 0) is 12.8 Å². The lowest BCUT2D eigenvalue weighted by atomic mass is 10.2. The first kappa shape index (κ1) is 20.7. The van der Waals surface area contributed by atoms with E-state index in [2.05, 4.69) is 5.32 Å². The van der Waals surface area contributed by atoms with E-state index in [0.717, 1.165) is 0 Å². The number of hydrogen-bond acceptors (Lipinski definition) is 7. The third-order valence-corrected chi connectivity index (χ3v) is 5.31. The quantitative estimate of drug-likeness (QED) is 0.153. The summed E-state index contributed by atoms with van der Waals surface area (Å²) in [6.07, 6.45) is -0.182. The van der Waals surface area contributed by atoms with Crippen molar-refractivity contribution in [3.63, 3.8) is 0 Å². The van der Waals surface area contributed by atoms with E-state index in [1.807, 2.05) is 0 Å². The van der Waals surface area contributed by atoms with Crippen molar-refractivity contribution >= 4 is 41.1 Å². The van der Waals surface area contributed by atoms with Crippen LogP contribution in [0.5, 0.6) is 0 Å². The second-order valence-corrected chi connectivity index (χ2v) is 8.43. The zero-order chi connectivity index (χ0) is 16.5. The van der Waals surface area contributed by atoms with Gasteiger partial charge in [-0.3, -0.25) is 19.5 Å².